The lowest BCUT2D eigenvalue weighted by molar-refractivity contribution is -0.118. The van der Waals surface area contributed by atoms with Gasteiger partial charge in [0, 0.05) is 10.8 Å². The van der Waals surface area contributed by atoms with Gasteiger partial charge in [-0.25, -0.2) is 5.43 Å². The van der Waals surface area contributed by atoms with Gasteiger partial charge in [0.25, 0.3) is 5.91 Å². The monoisotopic (exact) mass is 510 g/mol. The largest absolute Gasteiger partial charge is 0.272 e. The third-order valence-corrected chi connectivity index (χ3v) is 8.05. The summed E-state index contributed by atoms with van der Waals surface area (Å²) in [7, 11) is 0. The SMILES string of the molecule is O=C(CSc1nnc(SCc2ccccc2Cl)s1)NN=Cc1ccc(-c2ccccc2)cc1. The lowest BCUT2D eigenvalue weighted by atomic mass is 10.0. The van der Waals surface area contributed by atoms with Gasteiger partial charge in [-0.3, -0.25) is 4.79 Å². The predicted molar refractivity (Wildman–Crippen MR) is 139 cm³/mol. The molecule has 1 N–H and O–H groups in total. The summed E-state index contributed by atoms with van der Waals surface area (Å²) in [5.74, 6) is 0.742. The van der Waals surface area contributed by atoms with Crippen molar-refractivity contribution in [2.75, 3.05) is 5.75 Å². The number of rotatable bonds is 9. The van der Waals surface area contributed by atoms with Crippen molar-refractivity contribution in [1.29, 1.82) is 0 Å². The fourth-order valence-corrected chi connectivity index (χ4v) is 5.90. The molecule has 0 atom stereocenters. The third-order valence-electron chi connectivity index (χ3n) is 4.44. The van der Waals surface area contributed by atoms with Gasteiger partial charge >= 0.3 is 0 Å². The van der Waals surface area contributed by atoms with Gasteiger partial charge in [0.15, 0.2) is 8.68 Å². The molecule has 0 aliphatic rings. The van der Waals surface area contributed by atoms with Crippen molar-refractivity contribution in [3.05, 3.63) is 95.0 Å². The van der Waals surface area contributed by atoms with Crippen molar-refractivity contribution in [1.82, 2.24) is 15.6 Å². The first-order valence-electron chi connectivity index (χ1n) is 9.97. The normalized spacial score (nSPS) is 11.1. The Labute approximate surface area is 209 Å². The number of aromatic nitrogens is 2. The summed E-state index contributed by atoms with van der Waals surface area (Å²) < 4.78 is 1.59. The summed E-state index contributed by atoms with van der Waals surface area (Å²) in [5.41, 5.74) is 6.81. The van der Waals surface area contributed by atoms with E-state index in [2.05, 4.69) is 32.9 Å². The molecule has 1 aromatic heterocycles. The van der Waals surface area contributed by atoms with Crippen molar-refractivity contribution < 1.29 is 4.79 Å². The number of hydrogen-bond donors (Lipinski definition) is 1. The Kier molecular flexibility index (Phi) is 8.54. The van der Waals surface area contributed by atoms with Crippen LogP contribution in [0.1, 0.15) is 11.1 Å². The number of hydrogen-bond acceptors (Lipinski definition) is 7. The Morgan fingerprint density at radius 1 is 0.909 bits per heavy atom. The lowest BCUT2D eigenvalue weighted by Gasteiger charge is -2.02. The Hall–Kier alpha value is -2.65. The van der Waals surface area contributed by atoms with Crippen LogP contribution in [0.15, 0.2) is 92.6 Å². The van der Waals surface area contributed by atoms with Crippen molar-refractivity contribution in [3.8, 4) is 11.1 Å². The van der Waals surface area contributed by atoms with Gasteiger partial charge in [-0.2, -0.15) is 5.10 Å². The number of amides is 1. The first-order chi connectivity index (χ1) is 16.2. The first-order valence-corrected chi connectivity index (χ1v) is 13.1. The van der Waals surface area contributed by atoms with E-state index in [9.17, 15) is 4.79 Å². The van der Waals surface area contributed by atoms with Crippen molar-refractivity contribution in [2.24, 2.45) is 5.10 Å². The summed E-state index contributed by atoms with van der Waals surface area (Å²) >= 11 is 10.6. The number of nitrogens with one attached hydrogen (secondary N) is 1. The first kappa shape index (κ1) is 23.5. The number of nitrogens with zero attached hydrogens (tertiary/aromatic N) is 3. The van der Waals surface area contributed by atoms with Crippen LogP contribution in [0.25, 0.3) is 11.1 Å². The second-order valence-electron chi connectivity index (χ2n) is 6.78. The minimum absolute atomic E-state index is 0.197. The quantitative estimate of drug-likeness (QED) is 0.160. The molecule has 3 aromatic carbocycles. The van der Waals surface area contributed by atoms with Crippen LogP contribution in [0.2, 0.25) is 5.02 Å². The average molecular weight is 511 g/mol. The van der Waals surface area contributed by atoms with E-state index >= 15 is 0 Å². The van der Waals surface area contributed by atoms with E-state index in [0.717, 1.165) is 41.7 Å². The van der Waals surface area contributed by atoms with Crippen molar-refractivity contribution in [3.63, 3.8) is 0 Å². The number of hydrazone groups is 1. The maximum absolute atomic E-state index is 12.1. The van der Waals surface area contributed by atoms with E-state index in [-0.39, 0.29) is 11.7 Å². The molecule has 0 unspecified atom stereocenters. The fraction of sp³-hybridized carbons (Fsp3) is 0.0833. The zero-order valence-electron chi connectivity index (χ0n) is 17.3. The van der Waals surface area contributed by atoms with Crippen LogP contribution >= 0.6 is 46.5 Å². The smallest absolute Gasteiger partial charge is 0.250 e. The highest BCUT2D eigenvalue weighted by atomic mass is 35.5. The van der Waals surface area contributed by atoms with Gasteiger partial charge in [-0.1, -0.05) is 119 Å². The van der Waals surface area contributed by atoms with E-state index in [0.29, 0.717) is 0 Å². The maximum Gasteiger partial charge on any atom is 0.250 e. The number of carbonyl (C=O) groups excluding carboxylic acids is 1. The van der Waals surface area contributed by atoms with Crippen molar-refractivity contribution in [2.45, 2.75) is 14.4 Å². The molecule has 0 aliphatic carbocycles. The molecule has 1 amide bonds. The Balaban J connectivity index is 1.20. The van der Waals surface area contributed by atoms with Crippen LogP contribution in [0.3, 0.4) is 0 Å². The maximum atomic E-state index is 12.1. The zero-order valence-corrected chi connectivity index (χ0v) is 20.6. The highest BCUT2D eigenvalue weighted by Crippen LogP contribution is 2.32. The summed E-state index contributed by atoms with van der Waals surface area (Å²) in [6.45, 7) is 0. The average Bonchev–Trinajstić information content (AvgIpc) is 3.31. The number of halogens is 1. The van der Waals surface area contributed by atoms with Gasteiger partial charge in [-0.05, 0) is 28.3 Å². The third kappa shape index (κ3) is 7.17. The molecule has 0 spiro atoms. The van der Waals surface area contributed by atoms with Crippen LogP contribution in [0.5, 0.6) is 0 Å². The Morgan fingerprint density at radius 2 is 1.58 bits per heavy atom. The predicted octanol–water partition coefficient (Wildman–Crippen LogP) is 6.39. The standard InChI is InChI=1S/C24H19ClN4OS3/c25-21-9-5-4-8-20(21)15-31-23-28-29-24(33-23)32-16-22(30)27-26-14-17-10-12-19(13-11-17)18-6-2-1-3-7-18/h1-14H,15-16H2,(H,27,30). The van der Waals surface area contributed by atoms with E-state index in [1.54, 1.807) is 18.0 Å². The molecule has 9 heteroatoms. The summed E-state index contributed by atoms with van der Waals surface area (Å²) in [5, 5.41) is 13.1. The molecule has 0 saturated carbocycles. The van der Waals surface area contributed by atoms with E-state index in [4.69, 9.17) is 11.6 Å². The van der Waals surface area contributed by atoms with Crippen LogP contribution in [0, 0.1) is 0 Å². The molecular formula is C24H19ClN4OS3. The van der Waals surface area contributed by atoms with Crippen LogP contribution < -0.4 is 5.43 Å². The minimum atomic E-state index is -0.197. The second-order valence-corrected chi connectivity index (χ2v) is 10.6. The minimum Gasteiger partial charge on any atom is -0.272 e. The molecule has 4 rings (SSSR count). The van der Waals surface area contributed by atoms with E-state index in [1.165, 1.54) is 23.1 Å². The molecule has 4 aromatic rings. The topological polar surface area (TPSA) is 67.2 Å². The van der Waals surface area contributed by atoms with Gasteiger partial charge < -0.3 is 0 Å². The molecule has 0 radical (unpaired) electrons. The number of carbonyl (C=O) groups is 1. The summed E-state index contributed by atoms with van der Waals surface area (Å²) in [4.78, 5) is 12.1. The molecule has 0 saturated heterocycles. The molecule has 0 aliphatic heterocycles. The molecule has 0 bridgehead atoms. The molecule has 166 valence electrons. The lowest BCUT2D eigenvalue weighted by Crippen LogP contribution is -2.19. The highest BCUT2D eigenvalue weighted by Gasteiger charge is 2.09. The van der Waals surface area contributed by atoms with Gasteiger partial charge in [0.1, 0.15) is 0 Å². The number of benzene rings is 3. The van der Waals surface area contributed by atoms with Crippen LogP contribution in [-0.4, -0.2) is 28.1 Å². The molecular weight excluding hydrogens is 492 g/mol. The number of thioether (sulfide) groups is 2. The van der Waals surface area contributed by atoms with Gasteiger partial charge in [0.05, 0.1) is 12.0 Å². The van der Waals surface area contributed by atoms with Crippen molar-refractivity contribution >= 4 is 58.6 Å². The Morgan fingerprint density at radius 3 is 2.33 bits per heavy atom. The van der Waals surface area contributed by atoms with Crippen LogP contribution in [0.4, 0.5) is 0 Å². The molecule has 0 fully saturated rings. The molecule has 1 heterocycles. The van der Waals surface area contributed by atoms with Crippen LogP contribution in [-0.2, 0) is 10.5 Å². The fourth-order valence-electron chi connectivity index (χ4n) is 2.80. The molecule has 5 nitrogen and oxygen atoms in total. The molecule has 33 heavy (non-hydrogen) atoms. The Bertz CT molecular complexity index is 1230. The van der Waals surface area contributed by atoms with Gasteiger partial charge in [-0.15, -0.1) is 10.2 Å². The second kappa shape index (κ2) is 12.0. The highest BCUT2D eigenvalue weighted by molar-refractivity contribution is 8.03. The zero-order chi connectivity index (χ0) is 22.9. The van der Waals surface area contributed by atoms with Gasteiger partial charge in [0.2, 0.25) is 0 Å². The van der Waals surface area contributed by atoms with E-state index < -0.39 is 0 Å². The summed E-state index contributed by atoms with van der Waals surface area (Å²) in [6.07, 6.45) is 1.63. The van der Waals surface area contributed by atoms with E-state index in [1.807, 2.05) is 66.7 Å². The summed E-state index contributed by atoms with van der Waals surface area (Å²) in [6, 6.07) is 25.9.